The predicted molar refractivity (Wildman–Crippen MR) is 126 cm³/mol. The zero-order valence-corrected chi connectivity index (χ0v) is 19.3. The second-order valence-corrected chi connectivity index (χ2v) is 9.98. The van der Waals surface area contributed by atoms with Crippen LogP contribution < -0.4 is 5.32 Å². The number of hydrogen-bond acceptors (Lipinski definition) is 3. The molecule has 2 aromatic carbocycles. The van der Waals surface area contributed by atoms with Crippen molar-refractivity contribution in [2.24, 2.45) is 5.92 Å². The number of benzene rings is 2. The summed E-state index contributed by atoms with van der Waals surface area (Å²) in [4.78, 5) is 17.6. The molecular weight excluding hydrogens is 434 g/mol. The summed E-state index contributed by atoms with van der Waals surface area (Å²) in [6.07, 6.45) is 6.01. The van der Waals surface area contributed by atoms with Crippen molar-refractivity contribution in [3.63, 3.8) is 0 Å². The Morgan fingerprint density at radius 1 is 1.21 bits per heavy atom. The Kier molecular flexibility index (Phi) is 6.26. The number of hydrogen-bond donors (Lipinski definition) is 1. The lowest BCUT2D eigenvalue weighted by Gasteiger charge is -2.38. The van der Waals surface area contributed by atoms with Gasteiger partial charge in [-0.05, 0) is 99.3 Å². The quantitative estimate of drug-likeness (QED) is 0.607. The number of likely N-dealkylation sites (tertiary alicyclic amines) is 1. The van der Waals surface area contributed by atoms with Crippen LogP contribution in [-0.2, 0) is 5.41 Å². The highest BCUT2D eigenvalue weighted by Gasteiger charge is 2.58. The number of nitrogens with one attached hydrogen (secondary N) is 1. The molecule has 34 heavy (non-hydrogen) atoms. The number of rotatable bonds is 7. The molecule has 7 heteroatoms. The number of carbonyl (C=O) groups is 1. The Hall–Kier alpha value is -2.98. The van der Waals surface area contributed by atoms with Crippen molar-refractivity contribution in [3.05, 3.63) is 65.2 Å². The number of nitriles is 1. The average molecular weight is 465 g/mol. The van der Waals surface area contributed by atoms with E-state index in [0.717, 1.165) is 63.9 Å². The Morgan fingerprint density at radius 2 is 2.06 bits per heavy atom. The van der Waals surface area contributed by atoms with Gasteiger partial charge in [0.25, 0.3) is 0 Å². The summed E-state index contributed by atoms with van der Waals surface area (Å²) in [5.41, 5.74) is 2.33. The Morgan fingerprint density at radius 3 is 2.76 bits per heavy atom. The van der Waals surface area contributed by atoms with Crippen LogP contribution in [0.4, 0.5) is 19.3 Å². The normalized spacial score (nSPS) is 25.6. The largest absolute Gasteiger partial charge is 0.322 e. The first-order valence-corrected chi connectivity index (χ1v) is 12.2. The molecule has 1 heterocycles. The lowest BCUT2D eigenvalue weighted by molar-refractivity contribution is 0.141. The van der Waals surface area contributed by atoms with Gasteiger partial charge < -0.3 is 15.1 Å². The van der Waals surface area contributed by atoms with E-state index in [2.05, 4.69) is 22.4 Å². The first-order chi connectivity index (χ1) is 16.5. The molecule has 3 atom stereocenters. The Bertz CT molecular complexity index is 1110. The third kappa shape index (κ3) is 4.52. The number of amides is 2. The van der Waals surface area contributed by atoms with Gasteiger partial charge in [-0.1, -0.05) is 12.1 Å². The molecule has 1 aliphatic heterocycles. The van der Waals surface area contributed by atoms with E-state index >= 15 is 0 Å². The van der Waals surface area contributed by atoms with Crippen LogP contribution in [0.5, 0.6) is 0 Å². The Labute approximate surface area is 199 Å². The molecule has 0 radical (unpaired) electrons. The van der Waals surface area contributed by atoms with Gasteiger partial charge in [-0.3, -0.25) is 0 Å². The number of carbonyl (C=O) groups excluding carboxylic acids is 1. The molecule has 0 spiro atoms. The topological polar surface area (TPSA) is 59.4 Å². The van der Waals surface area contributed by atoms with Crippen molar-refractivity contribution in [3.8, 4) is 6.07 Å². The molecule has 0 aromatic heterocycles. The van der Waals surface area contributed by atoms with Gasteiger partial charge in [0.05, 0.1) is 11.6 Å². The minimum absolute atomic E-state index is 0.112. The van der Waals surface area contributed by atoms with E-state index in [-0.39, 0.29) is 23.2 Å². The third-order valence-corrected chi connectivity index (χ3v) is 7.97. The summed E-state index contributed by atoms with van der Waals surface area (Å²) in [6, 6.07) is 13.5. The van der Waals surface area contributed by atoms with E-state index < -0.39 is 11.6 Å². The fraction of sp³-hybridized carbons (Fsp3) is 0.481. The first-order valence-electron chi connectivity index (χ1n) is 12.2. The van der Waals surface area contributed by atoms with Crippen molar-refractivity contribution in [2.75, 3.05) is 31.5 Å². The average Bonchev–Trinajstić information content (AvgIpc) is 3.55. The molecule has 0 bridgehead atoms. The van der Waals surface area contributed by atoms with Gasteiger partial charge in [-0.25, -0.2) is 13.6 Å². The van der Waals surface area contributed by atoms with Gasteiger partial charge >= 0.3 is 6.03 Å². The molecule has 178 valence electrons. The summed E-state index contributed by atoms with van der Waals surface area (Å²) >= 11 is 0. The molecule has 3 aliphatic rings. The molecule has 3 fully saturated rings. The summed E-state index contributed by atoms with van der Waals surface area (Å²) in [7, 11) is 0. The van der Waals surface area contributed by atoms with E-state index in [0.29, 0.717) is 18.0 Å². The van der Waals surface area contributed by atoms with Gasteiger partial charge in [0.1, 0.15) is 0 Å². The summed E-state index contributed by atoms with van der Waals surface area (Å²) in [5, 5.41) is 12.1. The van der Waals surface area contributed by atoms with E-state index in [1.807, 2.05) is 23.1 Å². The maximum atomic E-state index is 13.7. The zero-order chi connectivity index (χ0) is 23.7. The van der Waals surface area contributed by atoms with Gasteiger partial charge in [0, 0.05) is 24.3 Å². The van der Waals surface area contributed by atoms with Crippen LogP contribution in [0.15, 0.2) is 42.5 Å². The number of halogens is 2. The van der Waals surface area contributed by atoms with Crippen LogP contribution in [0, 0.1) is 28.9 Å². The molecule has 2 saturated carbocycles. The SMILES string of the molecule is N#Cc1cccc([C@]23CC[C@@H](N(CCCN4CCC4)C(=O)Nc4ccc(F)c(F)c4)CC2C3)c1. The second kappa shape index (κ2) is 9.34. The Balaban J connectivity index is 1.27. The molecule has 2 aliphatic carbocycles. The predicted octanol–water partition coefficient (Wildman–Crippen LogP) is 5.28. The maximum Gasteiger partial charge on any atom is 0.322 e. The lowest BCUT2D eigenvalue weighted by Crippen LogP contribution is -2.47. The highest BCUT2D eigenvalue weighted by Crippen LogP contribution is 2.62. The van der Waals surface area contributed by atoms with Crippen LogP contribution in [0.3, 0.4) is 0 Å². The molecular formula is C27H30F2N4O. The lowest BCUT2D eigenvalue weighted by atomic mass is 9.80. The standard InChI is InChI=1S/C27H30F2N4O/c28-24-7-6-22(16-25(24)29)31-26(34)33(13-3-12-32-10-2-11-32)23-8-9-27(17-21(27)15-23)20-5-1-4-19(14-20)18-30/h1,4-7,14,16,21,23H,2-3,8-13,15,17H2,(H,31,34)/t21?,23-,27-/m1/s1. The third-order valence-electron chi connectivity index (χ3n) is 7.97. The summed E-state index contributed by atoms with van der Waals surface area (Å²) in [5.74, 6) is -1.40. The summed E-state index contributed by atoms with van der Waals surface area (Å²) in [6.45, 7) is 3.85. The van der Waals surface area contributed by atoms with Crippen molar-refractivity contribution in [1.82, 2.24) is 9.80 Å². The van der Waals surface area contributed by atoms with Crippen molar-refractivity contribution >= 4 is 11.7 Å². The zero-order valence-electron chi connectivity index (χ0n) is 19.3. The van der Waals surface area contributed by atoms with Crippen molar-refractivity contribution in [2.45, 2.75) is 50.0 Å². The second-order valence-electron chi connectivity index (χ2n) is 9.98. The van der Waals surface area contributed by atoms with Gasteiger partial charge in [0.15, 0.2) is 11.6 Å². The van der Waals surface area contributed by atoms with Crippen LogP contribution in [0.2, 0.25) is 0 Å². The molecule has 5 nitrogen and oxygen atoms in total. The molecule has 2 aromatic rings. The van der Waals surface area contributed by atoms with Crippen LogP contribution >= 0.6 is 0 Å². The molecule has 1 saturated heterocycles. The fourth-order valence-electron chi connectivity index (χ4n) is 5.83. The van der Waals surface area contributed by atoms with Crippen molar-refractivity contribution in [1.29, 1.82) is 5.26 Å². The van der Waals surface area contributed by atoms with Crippen LogP contribution in [0.1, 0.15) is 49.7 Å². The van der Waals surface area contributed by atoms with Gasteiger partial charge in [-0.15, -0.1) is 0 Å². The number of urea groups is 1. The number of anilines is 1. The maximum absolute atomic E-state index is 13.7. The van der Waals surface area contributed by atoms with E-state index in [1.54, 1.807) is 0 Å². The monoisotopic (exact) mass is 464 g/mol. The van der Waals surface area contributed by atoms with E-state index in [1.165, 1.54) is 18.1 Å². The molecule has 1 unspecified atom stereocenters. The van der Waals surface area contributed by atoms with Gasteiger partial charge in [0.2, 0.25) is 0 Å². The van der Waals surface area contributed by atoms with Crippen LogP contribution in [-0.4, -0.2) is 48.1 Å². The molecule has 5 rings (SSSR count). The highest BCUT2D eigenvalue weighted by atomic mass is 19.2. The fourth-order valence-corrected chi connectivity index (χ4v) is 5.83. The highest BCUT2D eigenvalue weighted by molar-refractivity contribution is 5.89. The minimum atomic E-state index is -0.970. The smallest absolute Gasteiger partial charge is 0.321 e. The summed E-state index contributed by atoms with van der Waals surface area (Å²) < 4.78 is 27.0. The minimum Gasteiger partial charge on any atom is -0.321 e. The molecule has 1 N–H and O–H groups in total. The van der Waals surface area contributed by atoms with Crippen molar-refractivity contribution < 1.29 is 13.6 Å². The number of fused-ring (bicyclic) bond motifs is 1. The van der Waals surface area contributed by atoms with E-state index in [4.69, 9.17) is 0 Å². The van der Waals surface area contributed by atoms with E-state index in [9.17, 15) is 18.8 Å². The number of nitrogens with zero attached hydrogens (tertiary/aromatic N) is 3. The molecule has 2 amide bonds. The van der Waals surface area contributed by atoms with Crippen LogP contribution in [0.25, 0.3) is 0 Å². The van der Waals surface area contributed by atoms with Gasteiger partial charge in [-0.2, -0.15) is 5.26 Å². The first kappa shape index (κ1) is 22.8.